The van der Waals surface area contributed by atoms with Gasteiger partial charge in [0.15, 0.2) is 11.5 Å². The first-order valence-electron chi connectivity index (χ1n) is 14.2. The van der Waals surface area contributed by atoms with Gasteiger partial charge >= 0.3 is 0 Å². The van der Waals surface area contributed by atoms with Crippen LogP contribution in [0.2, 0.25) is 10.0 Å². The van der Waals surface area contributed by atoms with E-state index in [9.17, 15) is 5.11 Å². The molecule has 1 N–H and O–H groups in total. The molecule has 3 aromatic carbocycles. The zero-order valence-corrected chi connectivity index (χ0v) is 26.7. The summed E-state index contributed by atoms with van der Waals surface area (Å²) < 4.78 is 22.6. The van der Waals surface area contributed by atoms with E-state index in [1.54, 1.807) is 27.4 Å². The minimum absolute atomic E-state index is 0.135. The number of halogens is 2. The third kappa shape index (κ3) is 8.34. The lowest BCUT2D eigenvalue weighted by molar-refractivity contribution is -0.0261. The molecule has 1 fully saturated rings. The molecule has 0 amide bonds. The van der Waals surface area contributed by atoms with Gasteiger partial charge in [0.1, 0.15) is 7.11 Å². The van der Waals surface area contributed by atoms with Crippen LogP contribution in [0.15, 0.2) is 65.8 Å². The van der Waals surface area contributed by atoms with Gasteiger partial charge in [0.2, 0.25) is 5.75 Å². The van der Waals surface area contributed by atoms with Crippen molar-refractivity contribution in [2.75, 3.05) is 54.7 Å². The maximum absolute atomic E-state index is 11.3. The third-order valence-corrected chi connectivity index (χ3v) is 8.67. The zero-order chi connectivity index (χ0) is 30.8. The Labute approximate surface area is 264 Å². The number of hydrogen-bond acceptors (Lipinski definition) is 8. The topological polar surface area (TPSA) is 82.0 Å². The van der Waals surface area contributed by atoms with Crippen molar-refractivity contribution in [2.24, 2.45) is 5.16 Å². The van der Waals surface area contributed by atoms with Crippen molar-refractivity contribution in [1.82, 2.24) is 4.90 Å². The molecule has 43 heavy (non-hydrogen) atoms. The van der Waals surface area contributed by atoms with E-state index in [0.29, 0.717) is 40.1 Å². The van der Waals surface area contributed by atoms with E-state index >= 15 is 0 Å². The molecule has 8 nitrogen and oxygen atoms in total. The number of nitrogens with zero attached hydrogens (tertiary/aromatic N) is 2. The summed E-state index contributed by atoms with van der Waals surface area (Å²) >= 11 is 12.7. The highest BCUT2D eigenvalue weighted by molar-refractivity contribution is 6.42. The lowest BCUT2D eigenvalue weighted by Crippen LogP contribution is -2.43. The highest BCUT2D eigenvalue weighted by Crippen LogP contribution is 2.39. The number of aliphatic hydroxyl groups is 1. The van der Waals surface area contributed by atoms with E-state index in [0.717, 1.165) is 48.5 Å². The fourth-order valence-corrected chi connectivity index (χ4v) is 5.86. The first-order valence-corrected chi connectivity index (χ1v) is 15.0. The molecule has 232 valence electrons. The van der Waals surface area contributed by atoms with Gasteiger partial charge in [-0.15, -0.1) is 0 Å². The number of piperidine rings is 1. The molecule has 1 heterocycles. The Bertz CT molecular complexity index is 1340. The maximum Gasteiger partial charge on any atom is 0.203 e. The molecule has 4 rings (SSSR count). The summed E-state index contributed by atoms with van der Waals surface area (Å²) in [5.74, 6) is 1.50. The fourth-order valence-electron chi connectivity index (χ4n) is 5.55. The van der Waals surface area contributed by atoms with E-state index in [-0.39, 0.29) is 19.1 Å². The number of likely N-dealkylation sites (tertiary alicyclic amines) is 1. The predicted octanol–water partition coefficient (Wildman–Crippen LogP) is 6.70. The Morgan fingerprint density at radius 1 is 0.907 bits per heavy atom. The van der Waals surface area contributed by atoms with Crippen molar-refractivity contribution in [3.63, 3.8) is 0 Å². The van der Waals surface area contributed by atoms with Crippen LogP contribution in [0.1, 0.15) is 41.9 Å². The molecule has 1 saturated heterocycles. The van der Waals surface area contributed by atoms with Gasteiger partial charge in [0, 0.05) is 19.0 Å². The number of oxime groups is 1. The average molecular weight is 632 g/mol. The number of methoxy groups -OCH3 is 3. The number of ether oxygens (including phenoxy) is 4. The summed E-state index contributed by atoms with van der Waals surface area (Å²) in [6, 6.07) is 19.3. The molecule has 0 bridgehead atoms. The van der Waals surface area contributed by atoms with Crippen LogP contribution in [0.25, 0.3) is 0 Å². The van der Waals surface area contributed by atoms with Gasteiger partial charge in [0.05, 0.1) is 55.9 Å². The predicted molar refractivity (Wildman–Crippen MR) is 170 cm³/mol. The van der Waals surface area contributed by atoms with Crippen LogP contribution >= 0.6 is 23.2 Å². The molecule has 1 aliphatic rings. The van der Waals surface area contributed by atoms with Crippen LogP contribution in [-0.4, -0.2) is 70.4 Å². The van der Waals surface area contributed by atoms with Crippen molar-refractivity contribution >= 4 is 28.9 Å². The molecular formula is C33H40Cl2N2O6. The molecule has 0 radical (unpaired) electrons. The largest absolute Gasteiger partial charge is 0.493 e. The van der Waals surface area contributed by atoms with Gasteiger partial charge in [-0.25, -0.2) is 0 Å². The minimum Gasteiger partial charge on any atom is -0.493 e. The lowest BCUT2D eigenvalue weighted by Gasteiger charge is -2.39. The number of benzene rings is 3. The number of hydrogen-bond donors (Lipinski definition) is 1. The van der Waals surface area contributed by atoms with Gasteiger partial charge in [0.25, 0.3) is 0 Å². The molecule has 10 heteroatoms. The monoisotopic (exact) mass is 630 g/mol. The second-order valence-corrected chi connectivity index (χ2v) is 11.4. The third-order valence-electron chi connectivity index (χ3n) is 7.93. The number of rotatable bonds is 14. The van der Waals surface area contributed by atoms with E-state index in [1.807, 2.05) is 54.6 Å². The molecule has 0 aliphatic carbocycles. The van der Waals surface area contributed by atoms with Crippen molar-refractivity contribution in [3.8, 4) is 17.2 Å². The normalized spacial score (nSPS) is 16.0. The summed E-state index contributed by atoms with van der Waals surface area (Å²) in [5.41, 5.74) is 2.73. The highest BCUT2D eigenvalue weighted by atomic mass is 35.5. The highest BCUT2D eigenvalue weighted by Gasteiger charge is 2.34. The molecule has 0 aromatic heterocycles. The van der Waals surface area contributed by atoms with E-state index in [1.165, 1.54) is 7.11 Å². The Morgan fingerprint density at radius 3 is 2.16 bits per heavy atom. The second kappa shape index (κ2) is 15.6. The van der Waals surface area contributed by atoms with E-state index in [4.69, 9.17) is 47.0 Å². The Kier molecular flexibility index (Phi) is 12.0. The summed E-state index contributed by atoms with van der Waals surface area (Å²) in [6.45, 7) is 2.88. The van der Waals surface area contributed by atoms with E-state index in [2.05, 4.69) is 10.1 Å². The summed E-state index contributed by atoms with van der Waals surface area (Å²) in [7, 11) is 6.26. The summed E-state index contributed by atoms with van der Waals surface area (Å²) in [6.07, 6.45) is 2.09. The van der Waals surface area contributed by atoms with E-state index < -0.39 is 5.60 Å². The average Bonchev–Trinajstić information content (AvgIpc) is 3.03. The molecular weight excluding hydrogens is 591 g/mol. The minimum atomic E-state index is -0.801. The lowest BCUT2D eigenvalue weighted by atomic mass is 9.84. The van der Waals surface area contributed by atoms with Crippen molar-refractivity contribution in [2.45, 2.75) is 37.4 Å². The van der Waals surface area contributed by atoms with Crippen molar-refractivity contribution < 1.29 is 28.9 Å². The molecule has 1 unspecified atom stereocenters. The van der Waals surface area contributed by atoms with Gasteiger partial charge in [-0.1, -0.05) is 64.8 Å². The van der Waals surface area contributed by atoms with Crippen molar-refractivity contribution in [3.05, 3.63) is 87.4 Å². The summed E-state index contributed by atoms with van der Waals surface area (Å²) in [4.78, 5) is 7.66. The molecule has 0 saturated carbocycles. The Hall–Kier alpha value is -3.01. The van der Waals surface area contributed by atoms with Gasteiger partial charge < -0.3 is 33.8 Å². The zero-order valence-electron chi connectivity index (χ0n) is 25.1. The molecule has 3 aromatic rings. The van der Waals surface area contributed by atoms with Gasteiger partial charge in [-0.2, -0.15) is 0 Å². The SMILES string of the molecule is CO/N=C(\COCc1cc(OC)c(OC)c(OC)c1)C(CCN1CCC(O)(c2ccccc2)CC1)c1ccc(Cl)c(Cl)c1. The van der Waals surface area contributed by atoms with Crippen LogP contribution in [0.5, 0.6) is 17.2 Å². The molecule has 1 atom stereocenters. The quantitative estimate of drug-likeness (QED) is 0.157. The van der Waals surface area contributed by atoms with Crippen molar-refractivity contribution in [1.29, 1.82) is 0 Å². The first-order chi connectivity index (χ1) is 20.8. The Balaban J connectivity index is 1.47. The van der Waals surface area contributed by atoms with Gasteiger partial charge in [-0.05, 0) is 66.8 Å². The van der Waals surface area contributed by atoms with Crippen LogP contribution in [0, 0.1) is 0 Å². The van der Waals surface area contributed by atoms with Crippen LogP contribution < -0.4 is 14.2 Å². The Morgan fingerprint density at radius 2 is 1.58 bits per heavy atom. The standard InChI is InChI=1S/C33H40Cl2N2O6/c1-39-30-18-23(19-31(40-2)32(30)41-3)21-43-22-29(36-42-4)26(24-10-11-27(34)28(35)20-24)12-15-37-16-13-33(38,14-17-37)25-8-6-5-7-9-25/h5-11,18-20,26,38H,12-17,21-22H2,1-4H3/b36-29+. The summed E-state index contributed by atoms with van der Waals surface area (Å²) in [5, 5.41) is 16.6. The smallest absolute Gasteiger partial charge is 0.203 e. The maximum atomic E-state index is 11.3. The fraction of sp³-hybridized carbons (Fsp3) is 0.424. The first kappa shape index (κ1) is 32.9. The van der Waals surface area contributed by atoms with Crippen LogP contribution in [0.3, 0.4) is 0 Å². The molecule has 0 spiro atoms. The van der Waals surface area contributed by atoms with Gasteiger partial charge in [-0.3, -0.25) is 0 Å². The van der Waals surface area contributed by atoms with Crippen LogP contribution in [-0.2, 0) is 21.8 Å². The second-order valence-electron chi connectivity index (χ2n) is 10.5. The molecule has 1 aliphatic heterocycles. The van der Waals surface area contributed by atoms with Crippen LogP contribution in [0.4, 0.5) is 0 Å².